The third-order valence-corrected chi connectivity index (χ3v) is 4.43. The molecule has 1 aromatic heterocycles. The van der Waals surface area contributed by atoms with Gasteiger partial charge in [0.1, 0.15) is 0 Å². The van der Waals surface area contributed by atoms with E-state index >= 15 is 0 Å². The maximum Gasteiger partial charge on any atom is 0.0943 e. The van der Waals surface area contributed by atoms with E-state index in [2.05, 4.69) is 10.2 Å². The van der Waals surface area contributed by atoms with Crippen LogP contribution in [-0.4, -0.2) is 10.2 Å². The van der Waals surface area contributed by atoms with Gasteiger partial charge in [0.2, 0.25) is 0 Å². The van der Waals surface area contributed by atoms with Crippen molar-refractivity contribution in [1.82, 2.24) is 10.2 Å². The zero-order chi connectivity index (χ0) is 19.1. The first-order valence-electron chi connectivity index (χ1n) is 8.62. The Hall–Kier alpha value is -3.57. The highest BCUT2D eigenvalue weighted by Gasteiger charge is 2.33. The van der Waals surface area contributed by atoms with Gasteiger partial charge in [0.05, 0.1) is 16.9 Å². The lowest BCUT2D eigenvalue weighted by Crippen LogP contribution is -2.40. The molecule has 0 aliphatic heterocycles. The Morgan fingerprint density at radius 3 is 1.74 bits per heavy atom. The Bertz CT molecular complexity index is 894. The van der Waals surface area contributed by atoms with Gasteiger partial charge >= 0.3 is 0 Å². The molecule has 0 fully saturated rings. The Kier molecular flexibility index (Phi) is 5.54. The number of rotatable bonds is 3. The minimum atomic E-state index is -0.845. The van der Waals surface area contributed by atoms with Gasteiger partial charge in [-0.15, -0.1) is 0 Å². The smallest absolute Gasteiger partial charge is 0.0943 e. The lowest BCUT2D eigenvalue weighted by molar-refractivity contribution is 0.655. The SMILES string of the molecule is Nc1cccc(C(N)(c2ccccc2)c2ccccc2)c1N.c1cn[nH]c1. The number of hydrogen-bond acceptors (Lipinski definition) is 4. The van der Waals surface area contributed by atoms with E-state index in [1.165, 1.54) is 0 Å². The first kappa shape index (κ1) is 18.2. The van der Waals surface area contributed by atoms with Crippen molar-refractivity contribution in [2.45, 2.75) is 5.54 Å². The maximum absolute atomic E-state index is 6.90. The summed E-state index contributed by atoms with van der Waals surface area (Å²) in [5.41, 5.74) is 22.1. The monoisotopic (exact) mass is 357 g/mol. The van der Waals surface area contributed by atoms with E-state index in [1.54, 1.807) is 18.5 Å². The molecule has 4 rings (SSSR count). The van der Waals surface area contributed by atoms with Crippen molar-refractivity contribution >= 4 is 11.4 Å². The fourth-order valence-electron chi connectivity index (χ4n) is 3.02. The molecule has 3 aromatic carbocycles. The largest absolute Gasteiger partial charge is 0.397 e. The fourth-order valence-corrected chi connectivity index (χ4v) is 3.02. The van der Waals surface area contributed by atoms with Crippen LogP contribution in [0.15, 0.2) is 97.3 Å². The number of nitrogen functional groups attached to an aromatic ring is 2. The van der Waals surface area contributed by atoms with Crippen molar-refractivity contribution in [2.75, 3.05) is 11.5 Å². The first-order chi connectivity index (χ1) is 13.1. The number of aromatic nitrogens is 2. The second-order valence-electron chi connectivity index (χ2n) is 6.11. The molecule has 0 amide bonds. The average Bonchev–Trinajstić information content (AvgIpc) is 3.31. The molecule has 0 saturated carbocycles. The fraction of sp³-hybridized carbons (Fsp3) is 0.0455. The quantitative estimate of drug-likeness (QED) is 0.332. The average molecular weight is 357 g/mol. The minimum Gasteiger partial charge on any atom is -0.397 e. The summed E-state index contributed by atoms with van der Waals surface area (Å²) in [6, 6.07) is 27.3. The summed E-state index contributed by atoms with van der Waals surface area (Å²) >= 11 is 0. The molecule has 0 aliphatic carbocycles. The predicted molar refractivity (Wildman–Crippen MR) is 111 cm³/mol. The summed E-state index contributed by atoms with van der Waals surface area (Å²) in [4.78, 5) is 0. The van der Waals surface area contributed by atoms with Gasteiger partial charge in [0, 0.05) is 18.0 Å². The van der Waals surface area contributed by atoms with Crippen LogP contribution in [0.4, 0.5) is 11.4 Å². The third kappa shape index (κ3) is 3.83. The Balaban J connectivity index is 0.000000364. The summed E-state index contributed by atoms with van der Waals surface area (Å²) < 4.78 is 0. The van der Waals surface area contributed by atoms with Crippen molar-refractivity contribution in [1.29, 1.82) is 0 Å². The number of anilines is 2. The van der Waals surface area contributed by atoms with Gasteiger partial charge in [-0.2, -0.15) is 5.10 Å². The lowest BCUT2D eigenvalue weighted by Gasteiger charge is -2.33. The van der Waals surface area contributed by atoms with Crippen LogP contribution in [0.3, 0.4) is 0 Å². The molecule has 0 spiro atoms. The summed E-state index contributed by atoms with van der Waals surface area (Å²) in [5.74, 6) is 0. The molecule has 1 heterocycles. The number of nitrogens with one attached hydrogen (secondary N) is 1. The predicted octanol–water partition coefficient (Wildman–Crippen LogP) is 3.51. The minimum absolute atomic E-state index is 0.526. The normalized spacial score (nSPS) is 10.7. The van der Waals surface area contributed by atoms with Gasteiger partial charge in [-0.1, -0.05) is 72.8 Å². The van der Waals surface area contributed by atoms with Crippen LogP contribution in [-0.2, 0) is 5.54 Å². The van der Waals surface area contributed by atoms with E-state index in [0.29, 0.717) is 11.4 Å². The summed E-state index contributed by atoms with van der Waals surface area (Å²) in [7, 11) is 0. The molecule has 5 heteroatoms. The van der Waals surface area contributed by atoms with Crippen LogP contribution < -0.4 is 17.2 Å². The number of hydrogen-bond donors (Lipinski definition) is 4. The summed E-state index contributed by atoms with van der Waals surface area (Å²) in [6.07, 6.45) is 3.46. The zero-order valence-electron chi connectivity index (χ0n) is 14.9. The van der Waals surface area contributed by atoms with Gasteiger partial charge in [-0.25, -0.2) is 0 Å². The van der Waals surface area contributed by atoms with Crippen molar-refractivity contribution in [3.8, 4) is 0 Å². The van der Waals surface area contributed by atoms with Crippen LogP contribution >= 0.6 is 0 Å². The summed E-state index contributed by atoms with van der Waals surface area (Å²) in [5, 5.41) is 6.21. The number of aromatic amines is 1. The van der Waals surface area contributed by atoms with Gasteiger partial charge in [-0.05, 0) is 23.3 Å². The highest BCUT2D eigenvalue weighted by atomic mass is 15.1. The Morgan fingerprint density at radius 2 is 1.30 bits per heavy atom. The summed E-state index contributed by atoms with van der Waals surface area (Å²) in [6.45, 7) is 0. The standard InChI is InChI=1S/C19H19N3.C3H4N2/c20-17-13-7-12-16(18(17)21)19(22,14-8-3-1-4-9-14)15-10-5-2-6-11-15;1-2-4-5-3-1/h1-13H,20-22H2;1-3H,(H,4,5). The van der Waals surface area contributed by atoms with Gasteiger partial charge in [0.15, 0.2) is 0 Å². The first-order valence-corrected chi connectivity index (χ1v) is 8.62. The van der Waals surface area contributed by atoms with E-state index in [1.807, 2.05) is 78.9 Å². The van der Waals surface area contributed by atoms with Gasteiger partial charge < -0.3 is 17.2 Å². The molecule has 0 bridgehead atoms. The number of benzene rings is 3. The van der Waals surface area contributed by atoms with Gasteiger partial charge in [-0.3, -0.25) is 5.10 Å². The van der Waals surface area contributed by atoms with Crippen molar-refractivity contribution in [3.63, 3.8) is 0 Å². The molecular formula is C22H23N5. The number of para-hydroxylation sites is 1. The van der Waals surface area contributed by atoms with E-state index < -0.39 is 5.54 Å². The molecule has 136 valence electrons. The van der Waals surface area contributed by atoms with Crippen molar-refractivity contribution < 1.29 is 0 Å². The second-order valence-corrected chi connectivity index (χ2v) is 6.11. The Labute approximate surface area is 158 Å². The molecule has 5 nitrogen and oxygen atoms in total. The lowest BCUT2D eigenvalue weighted by atomic mass is 9.77. The van der Waals surface area contributed by atoms with Crippen molar-refractivity contribution in [3.05, 3.63) is 114 Å². The Morgan fingerprint density at radius 1 is 0.704 bits per heavy atom. The topological polar surface area (TPSA) is 107 Å². The van der Waals surface area contributed by atoms with E-state index in [9.17, 15) is 0 Å². The van der Waals surface area contributed by atoms with Crippen LogP contribution in [0.2, 0.25) is 0 Å². The van der Waals surface area contributed by atoms with E-state index in [4.69, 9.17) is 17.2 Å². The highest BCUT2D eigenvalue weighted by Crippen LogP contribution is 2.38. The van der Waals surface area contributed by atoms with Crippen LogP contribution in [0, 0.1) is 0 Å². The zero-order valence-corrected chi connectivity index (χ0v) is 14.9. The van der Waals surface area contributed by atoms with Crippen LogP contribution in [0.25, 0.3) is 0 Å². The number of nitrogens with zero attached hydrogens (tertiary/aromatic N) is 1. The van der Waals surface area contributed by atoms with Crippen LogP contribution in [0.5, 0.6) is 0 Å². The highest BCUT2D eigenvalue weighted by molar-refractivity contribution is 5.72. The molecule has 0 atom stereocenters. The molecule has 0 unspecified atom stereocenters. The number of nitrogens with two attached hydrogens (primary N) is 3. The molecule has 0 radical (unpaired) electrons. The van der Waals surface area contributed by atoms with Crippen LogP contribution in [0.1, 0.15) is 16.7 Å². The maximum atomic E-state index is 6.90. The third-order valence-electron chi connectivity index (χ3n) is 4.43. The second kappa shape index (κ2) is 8.21. The van der Waals surface area contributed by atoms with Gasteiger partial charge in [0.25, 0.3) is 0 Å². The molecule has 0 aliphatic rings. The molecule has 7 N–H and O–H groups in total. The van der Waals surface area contributed by atoms with E-state index in [0.717, 1.165) is 16.7 Å². The molecular weight excluding hydrogens is 334 g/mol. The van der Waals surface area contributed by atoms with E-state index in [-0.39, 0.29) is 0 Å². The molecule has 0 saturated heterocycles. The van der Waals surface area contributed by atoms with Crippen molar-refractivity contribution in [2.24, 2.45) is 5.73 Å². The molecule has 4 aromatic rings. The molecule has 27 heavy (non-hydrogen) atoms. The number of H-pyrrole nitrogens is 1.